The van der Waals surface area contributed by atoms with Crippen molar-refractivity contribution in [3.63, 3.8) is 0 Å². The van der Waals surface area contributed by atoms with E-state index in [0.717, 1.165) is 16.5 Å². The second-order valence-electron chi connectivity index (χ2n) is 7.87. The summed E-state index contributed by atoms with van der Waals surface area (Å²) in [6.45, 7) is 0.403. The van der Waals surface area contributed by atoms with Gasteiger partial charge >= 0.3 is 0 Å². The lowest BCUT2D eigenvalue weighted by Gasteiger charge is -2.22. The fourth-order valence-corrected chi connectivity index (χ4v) is 5.45. The lowest BCUT2D eigenvalue weighted by atomic mass is 10.1. The van der Waals surface area contributed by atoms with Gasteiger partial charge in [-0.3, -0.25) is 9.59 Å². The molecule has 32 heavy (non-hydrogen) atoms. The molecule has 1 amide bonds. The number of fused-ring (bicyclic) bond motifs is 2. The summed E-state index contributed by atoms with van der Waals surface area (Å²) in [5.74, 6) is -0.458. The summed E-state index contributed by atoms with van der Waals surface area (Å²) in [6.07, 6.45) is 2.57. The molecule has 1 aliphatic heterocycles. The first-order valence-corrected chi connectivity index (χ1v) is 11.3. The van der Waals surface area contributed by atoms with Crippen molar-refractivity contribution in [1.82, 2.24) is 4.98 Å². The molecule has 0 bridgehead atoms. The number of aromatic nitrogens is 1. The van der Waals surface area contributed by atoms with Gasteiger partial charge in [-0.2, -0.15) is 0 Å². The highest BCUT2D eigenvalue weighted by molar-refractivity contribution is 7.60. The number of hydrogen-bond donors (Lipinski definition) is 3. The molecule has 6 nitrogen and oxygen atoms in total. The number of H-pyrrole nitrogens is 1. The highest BCUT2D eigenvalue weighted by atomic mass is 31.1. The average molecular weight is 443 g/mol. The summed E-state index contributed by atoms with van der Waals surface area (Å²) in [4.78, 5) is 31.2. The van der Waals surface area contributed by atoms with Crippen molar-refractivity contribution >= 4 is 42.3 Å². The van der Waals surface area contributed by atoms with Gasteiger partial charge in [0.25, 0.3) is 5.91 Å². The highest BCUT2D eigenvalue weighted by Gasteiger charge is 2.50. The molecule has 1 unspecified atom stereocenters. The summed E-state index contributed by atoms with van der Waals surface area (Å²) in [6, 6.07) is 21.7. The van der Waals surface area contributed by atoms with Crippen LogP contribution in [-0.2, 0) is 16.6 Å². The highest BCUT2D eigenvalue weighted by Crippen LogP contribution is 2.51. The van der Waals surface area contributed by atoms with Gasteiger partial charge in [0.05, 0.1) is 5.69 Å². The normalized spacial score (nSPS) is 18.0. The third kappa shape index (κ3) is 3.38. The molecule has 160 valence electrons. The van der Waals surface area contributed by atoms with E-state index >= 15 is 0 Å². The molecule has 2 heterocycles. The van der Waals surface area contributed by atoms with Crippen LogP contribution in [0.1, 0.15) is 21.5 Å². The van der Waals surface area contributed by atoms with Crippen LogP contribution in [0.25, 0.3) is 10.9 Å². The molecular formula is C25H22N3O3P. The molecule has 1 aromatic heterocycles. The fourth-order valence-electron chi connectivity index (χ4n) is 4.22. The van der Waals surface area contributed by atoms with E-state index in [4.69, 9.17) is 5.73 Å². The summed E-state index contributed by atoms with van der Waals surface area (Å²) in [5.41, 5.74) is 9.67. The zero-order valence-corrected chi connectivity index (χ0v) is 18.2. The Labute approximate surface area is 186 Å². The van der Waals surface area contributed by atoms with E-state index < -0.39 is 19.8 Å². The first-order valence-electron chi connectivity index (χ1n) is 10.3. The number of anilines is 2. The van der Waals surface area contributed by atoms with E-state index in [0.29, 0.717) is 35.5 Å². The van der Waals surface area contributed by atoms with Gasteiger partial charge in [-0.15, -0.1) is 0 Å². The van der Waals surface area contributed by atoms with E-state index in [-0.39, 0.29) is 5.52 Å². The smallest absolute Gasteiger partial charge is 0.268 e. The van der Waals surface area contributed by atoms with Crippen LogP contribution in [0.4, 0.5) is 11.4 Å². The Balaban J connectivity index is 1.42. The number of para-hydroxylation sites is 2. The van der Waals surface area contributed by atoms with Crippen molar-refractivity contribution in [3.8, 4) is 0 Å². The predicted molar refractivity (Wildman–Crippen MR) is 128 cm³/mol. The fraction of sp³-hybridized carbons (Fsp3) is 0.120. The zero-order valence-electron chi connectivity index (χ0n) is 17.2. The molecule has 2 atom stereocenters. The van der Waals surface area contributed by atoms with Gasteiger partial charge in [-0.05, 0) is 48.4 Å². The zero-order chi connectivity index (χ0) is 22.3. The van der Waals surface area contributed by atoms with Crippen LogP contribution < -0.4 is 10.6 Å². The minimum Gasteiger partial charge on any atom is -0.399 e. The van der Waals surface area contributed by atoms with Gasteiger partial charge < -0.3 is 20.7 Å². The lowest BCUT2D eigenvalue weighted by molar-refractivity contribution is -0.128. The minimum atomic E-state index is -1.87. The van der Waals surface area contributed by atoms with Crippen LogP contribution in [0.5, 0.6) is 0 Å². The van der Waals surface area contributed by atoms with Gasteiger partial charge in [0.1, 0.15) is 0 Å². The van der Waals surface area contributed by atoms with E-state index in [9.17, 15) is 14.7 Å². The number of nitrogens with one attached hydrogen (secondary N) is 1. The van der Waals surface area contributed by atoms with E-state index in [1.807, 2.05) is 42.6 Å². The number of carbonyl (C=O) groups is 2. The largest absolute Gasteiger partial charge is 0.399 e. The van der Waals surface area contributed by atoms with Crippen LogP contribution in [0.15, 0.2) is 79.0 Å². The topological polar surface area (TPSA) is 99.4 Å². The Hall–Kier alpha value is -3.47. The number of amides is 1. The van der Waals surface area contributed by atoms with Crippen molar-refractivity contribution in [2.24, 2.45) is 0 Å². The second kappa shape index (κ2) is 7.90. The van der Waals surface area contributed by atoms with Crippen LogP contribution >= 0.6 is 8.58 Å². The molecule has 5 rings (SSSR count). The monoisotopic (exact) mass is 443 g/mol. The molecule has 0 radical (unpaired) electrons. The maximum Gasteiger partial charge on any atom is 0.268 e. The number of aromatic amines is 1. The SMILES string of the molecule is Nc1ccc(C(=O)P[C@]2(O)C(=O)N(CCc3c[nH]c4ccccc34)c3ccccc32)cc1. The Kier molecular flexibility index (Phi) is 5.04. The van der Waals surface area contributed by atoms with Crippen LogP contribution in [0.3, 0.4) is 0 Å². The summed E-state index contributed by atoms with van der Waals surface area (Å²) in [5, 5.41) is 10.7. The molecule has 0 spiro atoms. The second-order valence-corrected chi connectivity index (χ2v) is 9.30. The Bertz CT molecular complexity index is 1330. The van der Waals surface area contributed by atoms with Gasteiger partial charge in [-0.25, -0.2) is 0 Å². The van der Waals surface area contributed by atoms with Gasteiger partial charge in [-0.1, -0.05) is 36.4 Å². The number of nitrogens with two attached hydrogens (primary N) is 1. The molecule has 0 saturated heterocycles. The summed E-state index contributed by atoms with van der Waals surface area (Å²) < 4.78 is 0. The summed E-state index contributed by atoms with van der Waals surface area (Å²) in [7, 11) is -0.640. The number of aliphatic hydroxyl groups is 1. The number of benzene rings is 3. The van der Waals surface area contributed by atoms with E-state index in [2.05, 4.69) is 4.98 Å². The predicted octanol–water partition coefficient (Wildman–Crippen LogP) is 4.00. The maximum atomic E-state index is 13.4. The first kappa shape index (κ1) is 20.4. The molecule has 4 aromatic rings. The Morgan fingerprint density at radius 1 is 1.03 bits per heavy atom. The molecule has 3 aromatic carbocycles. The quantitative estimate of drug-likeness (QED) is 0.310. The van der Waals surface area contributed by atoms with Crippen molar-refractivity contribution in [1.29, 1.82) is 0 Å². The third-order valence-corrected chi connectivity index (χ3v) is 7.25. The van der Waals surface area contributed by atoms with Gasteiger partial charge in [0, 0.05) is 49.0 Å². The van der Waals surface area contributed by atoms with Crippen molar-refractivity contribution < 1.29 is 14.7 Å². The number of nitrogens with zero attached hydrogens (tertiary/aromatic N) is 1. The van der Waals surface area contributed by atoms with Crippen molar-refractivity contribution in [3.05, 3.63) is 95.7 Å². The van der Waals surface area contributed by atoms with E-state index in [1.165, 1.54) is 0 Å². The van der Waals surface area contributed by atoms with Crippen LogP contribution in [-0.4, -0.2) is 28.1 Å². The number of nitrogen functional groups attached to an aromatic ring is 1. The van der Waals surface area contributed by atoms with Crippen LogP contribution in [0, 0.1) is 0 Å². The number of rotatable bonds is 6. The minimum absolute atomic E-state index is 0.283. The first-order chi connectivity index (χ1) is 15.5. The standard InChI is InChI=1S/C25H22N3O3P/c26-18-11-9-16(10-12-18)23(29)32-25(31)20-6-2-4-8-22(20)28(24(25)30)14-13-17-15-27-21-7-3-1-5-19(17)21/h1-12,15,27,31-32H,13-14,26H2/t25-/m0/s1. The van der Waals surface area contributed by atoms with Gasteiger partial charge in [0.2, 0.25) is 0 Å². The number of hydrogen-bond acceptors (Lipinski definition) is 4. The Morgan fingerprint density at radius 2 is 1.75 bits per heavy atom. The average Bonchev–Trinajstić information content (AvgIpc) is 3.30. The Morgan fingerprint density at radius 3 is 2.56 bits per heavy atom. The lowest BCUT2D eigenvalue weighted by Crippen LogP contribution is -2.39. The van der Waals surface area contributed by atoms with Crippen molar-refractivity contribution in [2.45, 2.75) is 11.8 Å². The van der Waals surface area contributed by atoms with Crippen LogP contribution in [0.2, 0.25) is 0 Å². The summed E-state index contributed by atoms with van der Waals surface area (Å²) >= 11 is 0. The third-order valence-electron chi connectivity index (χ3n) is 5.89. The van der Waals surface area contributed by atoms with Crippen molar-refractivity contribution in [2.75, 3.05) is 17.2 Å². The molecule has 1 aliphatic rings. The molecule has 0 aliphatic carbocycles. The molecule has 4 N–H and O–H groups in total. The number of carbonyl (C=O) groups excluding carboxylic acids is 2. The van der Waals surface area contributed by atoms with Gasteiger partial charge in [0.15, 0.2) is 10.9 Å². The van der Waals surface area contributed by atoms with E-state index in [1.54, 1.807) is 41.3 Å². The molecule has 0 fully saturated rings. The maximum absolute atomic E-state index is 13.4. The molecule has 7 heteroatoms. The molecular weight excluding hydrogens is 421 g/mol. The molecule has 0 saturated carbocycles.